The van der Waals surface area contributed by atoms with E-state index in [1.807, 2.05) is 32.5 Å². The first-order valence-electron chi connectivity index (χ1n) is 8.18. The Morgan fingerprint density at radius 3 is 2.52 bits per heavy atom. The van der Waals surface area contributed by atoms with Crippen LogP contribution in [0.2, 0.25) is 0 Å². The Morgan fingerprint density at radius 2 is 2.00 bits per heavy atom. The maximum absolute atomic E-state index is 5.23. The van der Waals surface area contributed by atoms with E-state index in [4.69, 9.17) is 4.52 Å². The van der Waals surface area contributed by atoms with Gasteiger partial charge in [0.05, 0.1) is 5.69 Å². The Bertz CT molecular complexity index is 705. The van der Waals surface area contributed by atoms with E-state index >= 15 is 0 Å². The van der Waals surface area contributed by atoms with E-state index in [0.29, 0.717) is 25.4 Å². The quantitative estimate of drug-likeness (QED) is 0.389. The fraction of sp³-hybridized carbons (Fsp3) is 0.625. The lowest BCUT2D eigenvalue weighted by atomic mass is 10.2. The van der Waals surface area contributed by atoms with Crippen LogP contribution in [0.1, 0.15) is 48.4 Å². The Kier molecular flexibility index (Phi) is 8.33. The molecule has 8 nitrogen and oxygen atoms in total. The Labute approximate surface area is 165 Å². The molecular formula is C16H28IN7O. The first-order valence-corrected chi connectivity index (χ1v) is 8.18. The number of hydrogen-bond acceptors (Lipinski definition) is 5. The second-order valence-corrected chi connectivity index (χ2v) is 6.08. The molecule has 25 heavy (non-hydrogen) atoms. The minimum Gasteiger partial charge on any atom is -0.356 e. The smallest absolute Gasteiger partial charge is 0.228 e. The van der Waals surface area contributed by atoms with Crippen molar-refractivity contribution >= 4 is 29.9 Å². The van der Waals surface area contributed by atoms with Gasteiger partial charge >= 0.3 is 0 Å². The highest BCUT2D eigenvalue weighted by atomic mass is 127. The molecule has 2 aromatic heterocycles. The van der Waals surface area contributed by atoms with Crippen LogP contribution in [0.15, 0.2) is 9.52 Å². The van der Waals surface area contributed by atoms with Gasteiger partial charge in [-0.3, -0.25) is 9.67 Å². The average molecular weight is 461 g/mol. The van der Waals surface area contributed by atoms with Crippen LogP contribution in [0.5, 0.6) is 0 Å². The Hall–Kier alpha value is -1.65. The second kappa shape index (κ2) is 9.73. The lowest BCUT2D eigenvalue weighted by molar-refractivity contribution is 0.371. The van der Waals surface area contributed by atoms with Crippen molar-refractivity contribution in [2.24, 2.45) is 12.0 Å². The molecule has 0 fully saturated rings. The molecule has 0 bridgehead atoms. The number of nitrogens with one attached hydrogen (secondary N) is 2. The molecular weight excluding hydrogens is 433 g/mol. The number of rotatable bonds is 6. The van der Waals surface area contributed by atoms with Crippen LogP contribution in [-0.2, 0) is 20.0 Å². The standard InChI is InChI=1S/C16H27N7O.HI/c1-10(2)15-20-14(24-22-15)7-8-18-16(17-5)19-9-13-11(3)21-23(6)12(13)4;/h10H,7-9H2,1-6H3,(H2,17,18,19);1H. The van der Waals surface area contributed by atoms with Crippen LogP contribution in [0.4, 0.5) is 0 Å². The van der Waals surface area contributed by atoms with E-state index < -0.39 is 0 Å². The molecule has 2 aromatic rings. The molecule has 0 aliphatic carbocycles. The summed E-state index contributed by atoms with van der Waals surface area (Å²) in [4.78, 5) is 8.60. The predicted octanol–water partition coefficient (Wildman–Crippen LogP) is 2.07. The van der Waals surface area contributed by atoms with Gasteiger partial charge in [0.1, 0.15) is 0 Å². The van der Waals surface area contributed by atoms with E-state index in [2.05, 4.69) is 37.8 Å². The largest absolute Gasteiger partial charge is 0.356 e. The number of aryl methyl sites for hydroxylation is 2. The molecule has 2 heterocycles. The van der Waals surface area contributed by atoms with Gasteiger partial charge in [-0.15, -0.1) is 24.0 Å². The zero-order valence-electron chi connectivity index (χ0n) is 15.8. The number of aromatic nitrogens is 4. The first-order chi connectivity index (χ1) is 11.4. The van der Waals surface area contributed by atoms with Crippen molar-refractivity contribution in [1.29, 1.82) is 0 Å². The third-order valence-corrected chi connectivity index (χ3v) is 3.95. The highest BCUT2D eigenvalue weighted by Crippen LogP contribution is 2.11. The lowest BCUT2D eigenvalue weighted by Crippen LogP contribution is -2.38. The zero-order chi connectivity index (χ0) is 17.7. The minimum atomic E-state index is 0. The van der Waals surface area contributed by atoms with Gasteiger partial charge in [-0.05, 0) is 13.8 Å². The molecule has 9 heteroatoms. The molecule has 140 valence electrons. The molecule has 0 saturated carbocycles. The molecule has 2 N–H and O–H groups in total. The van der Waals surface area contributed by atoms with Gasteiger partial charge in [-0.25, -0.2) is 0 Å². The van der Waals surface area contributed by atoms with Crippen molar-refractivity contribution in [2.75, 3.05) is 13.6 Å². The van der Waals surface area contributed by atoms with E-state index in [1.54, 1.807) is 7.05 Å². The molecule has 0 atom stereocenters. The summed E-state index contributed by atoms with van der Waals surface area (Å²) in [5.41, 5.74) is 3.38. The van der Waals surface area contributed by atoms with Gasteiger partial charge in [-0.2, -0.15) is 10.1 Å². The van der Waals surface area contributed by atoms with Gasteiger partial charge < -0.3 is 15.2 Å². The summed E-state index contributed by atoms with van der Waals surface area (Å²) in [5.74, 6) is 2.40. The van der Waals surface area contributed by atoms with Crippen molar-refractivity contribution in [3.63, 3.8) is 0 Å². The third kappa shape index (κ3) is 5.68. The third-order valence-electron chi connectivity index (χ3n) is 3.95. The number of aliphatic imine (C=N–C) groups is 1. The zero-order valence-corrected chi connectivity index (χ0v) is 18.1. The van der Waals surface area contributed by atoms with Crippen LogP contribution < -0.4 is 10.6 Å². The molecule has 0 aromatic carbocycles. The molecule has 0 spiro atoms. The van der Waals surface area contributed by atoms with Gasteiger partial charge in [-0.1, -0.05) is 19.0 Å². The molecule has 0 aliphatic heterocycles. The number of guanidine groups is 1. The minimum absolute atomic E-state index is 0. The van der Waals surface area contributed by atoms with E-state index in [0.717, 1.165) is 23.2 Å². The fourth-order valence-corrected chi connectivity index (χ4v) is 2.36. The maximum Gasteiger partial charge on any atom is 0.228 e. The highest BCUT2D eigenvalue weighted by molar-refractivity contribution is 14.0. The lowest BCUT2D eigenvalue weighted by Gasteiger charge is -2.11. The average Bonchev–Trinajstić information content (AvgIpc) is 3.10. The molecule has 0 unspecified atom stereocenters. The predicted molar refractivity (Wildman–Crippen MR) is 108 cm³/mol. The van der Waals surface area contributed by atoms with Crippen molar-refractivity contribution in [3.05, 3.63) is 28.7 Å². The van der Waals surface area contributed by atoms with Crippen molar-refractivity contribution in [3.8, 4) is 0 Å². The highest BCUT2D eigenvalue weighted by Gasteiger charge is 2.11. The summed E-state index contributed by atoms with van der Waals surface area (Å²) >= 11 is 0. The SMILES string of the molecule is CN=C(NCCc1nc(C(C)C)no1)NCc1c(C)nn(C)c1C.I. The van der Waals surface area contributed by atoms with Crippen LogP contribution >= 0.6 is 24.0 Å². The van der Waals surface area contributed by atoms with Crippen molar-refractivity contribution in [1.82, 2.24) is 30.6 Å². The molecule has 0 amide bonds. The topological polar surface area (TPSA) is 93.2 Å². The maximum atomic E-state index is 5.23. The summed E-state index contributed by atoms with van der Waals surface area (Å²) in [6, 6.07) is 0. The molecule has 0 aliphatic rings. The summed E-state index contributed by atoms with van der Waals surface area (Å²) in [5, 5.41) is 14.9. The summed E-state index contributed by atoms with van der Waals surface area (Å²) in [6.07, 6.45) is 0.658. The summed E-state index contributed by atoms with van der Waals surface area (Å²) < 4.78 is 7.13. The molecule has 0 saturated heterocycles. The number of hydrogen-bond donors (Lipinski definition) is 2. The van der Waals surface area contributed by atoms with Crippen molar-refractivity contribution < 1.29 is 4.52 Å². The van der Waals surface area contributed by atoms with Crippen molar-refractivity contribution in [2.45, 2.75) is 46.6 Å². The monoisotopic (exact) mass is 461 g/mol. The van der Waals surface area contributed by atoms with Gasteiger partial charge in [0.2, 0.25) is 5.89 Å². The second-order valence-electron chi connectivity index (χ2n) is 6.08. The van der Waals surface area contributed by atoms with E-state index in [-0.39, 0.29) is 29.9 Å². The summed E-state index contributed by atoms with van der Waals surface area (Å²) in [6.45, 7) is 9.52. The van der Waals surface area contributed by atoms with Crippen LogP contribution in [0.3, 0.4) is 0 Å². The normalized spacial score (nSPS) is 11.6. The fourth-order valence-electron chi connectivity index (χ4n) is 2.36. The number of halogens is 1. The van der Waals surface area contributed by atoms with Gasteiger partial charge in [0.25, 0.3) is 0 Å². The number of nitrogens with zero attached hydrogens (tertiary/aromatic N) is 5. The Morgan fingerprint density at radius 1 is 1.28 bits per heavy atom. The van der Waals surface area contributed by atoms with Crippen LogP contribution in [0, 0.1) is 13.8 Å². The summed E-state index contributed by atoms with van der Waals surface area (Å²) in [7, 11) is 3.70. The van der Waals surface area contributed by atoms with E-state index in [9.17, 15) is 0 Å². The van der Waals surface area contributed by atoms with Crippen LogP contribution in [0.25, 0.3) is 0 Å². The first kappa shape index (κ1) is 21.4. The molecule has 2 rings (SSSR count). The Balaban J connectivity index is 0.00000312. The molecule has 0 radical (unpaired) electrons. The van der Waals surface area contributed by atoms with Crippen LogP contribution in [-0.4, -0.2) is 39.5 Å². The van der Waals surface area contributed by atoms with E-state index in [1.165, 1.54) is 5.56 Å². The van der Waals surface area contributed by atoms with Gasteiger partial charge in [0, 0.05) is 50.8 Å². The van der Waals surface area contributed by atoms with Gasteiger partial charge in [0.15, 0.2) is 11.8 Å².